The minimum Gasteiger partial charge on any atom is -0.301 e. The number of hydrogen-bond acceptors (Lipinski definition) is 2. The molecule has 4 rings (SSSR count). The topological polar surface area (TPSA) is 24.9 Å². The third-order valence-electron chi connectivity index (χ3n) is 4.64. The Bertz CT molecular complexity index is 936. The lowest BCUT2D eigenvalue weighted by atomic mass is 9.81. The van der Waals surface area contributed by atoms with Crippen LogP contribution in [0.4, 0.5) is 4.39 Å². The third-order valence-corrected chi connectivity index (χ3v) is 5.38. The highest BCUT2D eigenvalue weighted by Gasteiger charge is 2.33. The van der Waals surface area contributed by atoms with Gasteiger partial charge in [0.15, 0.2) is 0 Å². The first-order valence-corrected chi connectivity index (χ1v) is 8.83. The first kappa shape index (κ1) is 15.7. The maximum Gasteiger partial charge on any atom is 0.149 e. The number of hydrogen-bond donors (Lipinski definition) is 1. The number of nitrogens with one attached hydrogen (secondary N) is 1. The molecule has 3 aromatic rings. The molecule has 122 valence electrons. The van der Waals surface area contributed by atoms with Crippen LogP contribution in [-0.4, -0.2) is 10.5 Å². The number of para-hydroxylation sites is 1. The molecule has 1 aliphatic heterocycles. The molecular formula is C20H18BrFN2. The van der Waals surface area contributed by atoms with Crippen molar-refractivity contribution in [2.75, 3.05) is 0 Å². The van der Waals surface area contributed by atoms with Gasteiger partial charge in [0.05, 0.1) is 6.04 Å². The molecule has 2 aromatic carbocycles. The standard InChI is InChI=1S/C20H18BrFN2/c1-20(2)10-15-14(6-4-7-16(15)21)18(24-20)13-9-12-5-3-8-17(22)19(12)23-11-13/h3-9,11,18,24H,10H2,1-2H3/t18-/m1/s1. The van der Waals surface area contributed by atoms with Crippen molar-refractivity contribution in [1.82, 2.24) is 10.3 Å². The number of pyridine rings is 1. The number of benzene rings is 2. The second-order valence-corrected chi connectivity index (χ2v) is 7.88. The van der Waals surface area contributed by atoms with Crippen LogP contribution in [0.25, 0.3) is 10.9 Å². The highest BCUT2D eigenvalue weighted by molar-refractivity contribution is 9.10. The van der Waals surface area contributed by atoms with Gasteiger partial charge in [-0.2, -0.15) is 0 Å². The molecule has 0 amide bonds. The van der Waals surface area contributed by atoms with Crippen LogP contribution in [0.15, 0.2) is 53.1 Å². The Balaban J connectivity index is 1.89. The van der Waals surface area contributed by atoms with Gasteiger partial charge in [0.2, 0.25) is 0 Å². The van der Waals surface area contributed by atoms with Crippen LogP contribution < -0.4 is 5.32 Å². The predicted octanol–water partition coefficient (Wildman–Crippen LogP) is 5.15. The summed E-state index contributed by atoms with van der Waals surface area (Å²) in [6.07, 6.45) is 2.74. The molecule has 1 N–H and O–H groups in total. The number of rotatable bonds is 1. The second kappa shape index (κ2) is 5.64. The molecule has 0 spiro atoms. The molecule has 0 saturated heterocycles. The molecule has 1 aliphatic rings. The monoisotopic (exact) mass is 384 g/mol. The fourth-order valence-corrected chi connectivity index (χ4v) is 4.08. The van der Waals surface area contributed by atoms with E-state index in [9.17, 15) is 4.39 Å². The predicted molar refractivity (Wildman–Crippen MR) is 98.6 cm³/mol. The van der Waals surface area contributed by atoms with Crippen LogP contribution in [-0.2, 0) is 6.42 Å². The molecule has 0 radical (unpaired) electrons. The van der Waals surface area contributed by atoms with Crippen LogP contribution >= 0.6 is 15.9 Å². The number of fused-ring (bicyclic) bond motifs is 2. The Morgan fingerprint density at radius 3 is 2.83 bits per heavy atom. The summed E-state index contributed by atoms with van der Waals surface area (Å²) in [7, 11) is 0. The summed E-state index contributed by atoms with van der Waals surface area (Å²) in [5.74, 6) is -0.279. The SMILES string of the molecule is CC1(C)Cc2c(Br)cccc2[C@@H](c2cnc3c(F)cccc3c2)N1. The van der Waals surface area contributed by atoms with Crippen LogP contribution in [0, 0.1) is 5.82 Å². The van der Waals surface area contributed by atoms with Crippen molar-refractivity contribution in [2.45, 2.75) is 31.8 Å². The van der Waals surface area contributed by atoms with Crippen molar-refractivity contribution in [3.63, 3.8) is 0 Å². The van der Waals surface area contributed by atoms with Crippen molar-refractivity contribution in [1.29, 1.82) is 0 Å². The maximum absolute atomic E-state index is 13.9. The Labute approximate surface area is 149 Å². The lowest BCUT2D eigenvalue weighted by Gasteiger charge is -2.39. The van der Waals surface area contributed by atoms with Gasteiger partial charge in [-0.05, 0) is 55.2 Å². The Morgan fingerprint density at radius 1 is 1.21 bits per heavy atom. The lowest BCUT2D eigenvalue weighted by Crippen LogP contribution is -2.47. The molecular weight excluding hydrogens is 367 g/mol. The molecule has 24 heavy (non-hydrogen) atoms. The van der Waals surface area contributed by atoms with Gasteiger partial charge in [0.25, 0.3) is 0 Å². The van der Waals surface area contributed by atoms with Crippen molar-refractivity contribution >= 4 is 26.8 Å². The molecule has 0 saturated carbocycles. The summed E-state index contributed by atoms with van der Waals surface area (Å²) < 4.78 is 15.0. The van der Waals surface area contributed by atoms with Crippen LogP contribution in [0.1, 0.15) is 36.6 Å². The molecule has 0 aliphatic carbocycles. The quantitative estimate of drug-likeness (QED) is 0.627. The summed E-state index contributed by atoms with van der Waals surface area (Å²) in [6, 6.07) is 13.5. The Hall–Kier alpha value is -1.78. The molecule has 1 aromatic heterocycles. The summed E-state index contributed by atoms with van der Waals surface area (Å²) >= 11 is 3.69. The van der Waals surface area contributed by atoms with Gasteiger partial charge < -0.3 is 5.32 Å². The average molecular weight is 385 g/mol. The summed E-state index contributed by atoms with van der Waals surface area (Å²) in [4.78, 5) is 4.37. The average Bonchev–Trinajstić information content (AvgIpc) is 2.54. The van der Waals surface area contributed by atoms with Crippen molar-refractivity contribution in [2.24, 2.45) is 0 Å². The third kappa shape index (κ3) is 2.64. The van der Waals surface area contributed by atoms with Crippen LogP contribution in [0.3, 0.4) is 0 Å². The molecule has 0 fully saturated rings. The normalized spacial score (nSPS) is 19.2. The van der Waals surface area contributed by atoms with E-state index in [4.69, 9.17) is 0 Å². The zero-order valence-corrected chi connectivity index (χ0v) is 15.2. The Kier molecular flexibility index (Phi) is 3.70. The van der Waals surface area contributed by atoms with Gasteiger partial charge in [-0.1, -0.05) is 40.2 Å². The van der Waals surface area contributed by atoms with Gasteiger partial charge in [0, 0.05) is 21.6 Å². The zero-order chi connectivity index (χ0) is 16.9. The summed E-state index contributed by atoms with van der Waals surface area (Å²) in [6.45, 7) is 4.41. The van der Waals surface area contributed by atoms with E-state index in [1.807, 2.05) is 12.1 Å². The fraction of sp³-hybridized carbons (Fsp3) is 0.250. The van der Waals surface area contributed by atoms with Gasteiger partial charge >= 0.3 is 0 Å². The molecule has 2 heterocycles. The number of aromatic nitrogens is 1. The number of nitrogens with zero attached hydrogens (tertiary/aromatic N) is 1. The van der Waals surface area contributed by atoms with Gasteiger partial charge in [-0.3, -0.25) is 4.98 Å². The van der Waals surface area contributed by atoms with E-state index < -0.39 is 0 Å². The summed E-state index contributed by atoms with van der Waals surface area (Å²) in [5.41, 5.74) is 4.02. The highest BCUT2D eigenvalue weighted by Crippen LogP contribution is 2.38. The molecule has 4 heteroatoms. The lowest BCUT2D eigenvalue weighted by molar-refractivity contribution is 0.332. The first-order valence-electron chi connectivity index (χ1n) is 8.04. The maximum atomic E-state index is 13.9. The van der Waals surface area contributed by atoms with Crippen molar-refractivity contribution in [3.8, 4) is 0 Å². The number of halogens is 2. The van der Waals surface area contributed by atoms with E-state index in [0.29, 0.717) is 5.52 Å². The molecule has 1 atom stereocenters. The zero-order valence-electron chi connectivity index (χ0n) is 13.6. The van der Waals surface area contributed by atoms with Crippen molar-refractivity contribution < 1.29 is 4.39 Å². The van der Waals surface area contributed by atoms with Gasteiger partial charge in [0.1, 0.15) is 11.3 Å². The van der Waals surface area contributed by atoms with E-state index in [0.717, 1.165) is 21.8 Å². The first-order chi connectivity index (χ1) is 11.4. The minimum absolute atomic E-state index is 0.0293. The van der Waals surface area contributed by atoms with Crippen molar-refractivity contribution in [3.05, 3.63) is 75.6 Å². The molecule has 0 bridgehead atoms. The largest absolute Gasteiger partial charge is 0.301 e. The van der Waals surface area contributed by atoms with E-state index >= 15 is 0 Å². The van der Waals surface area contributed by atoms with Crippen LogP contribution in [0.5, 0.6) is 0 Å². The smallest absolute Gasteiger partial charge is 0.149 e. The van der Waals surface area contributed by atoms with E-state index in [2.05, 4.69) is 58.3 Å². The summed E-state index contributed by atoms with van der Waals surface area (Å²) in [5, 5.41) is 4.55. The van der Waals surface area contributed by atoms with Gasteiger partial charge in [-0.15, -0.1) is 0 Å². The molecule has 2 nitrogen and oxygen atoms in total. The van der Waals surface area contributed by atoms with E-state index in [-0.39, 0.29) is 17.4 Å². The Morgan fingerprint density at radius 2 is 2.00 bits per heavy atom. The molecule has 0 unspecified atom stereocenters. The van der Waals surface area contributed by atoms with E-state index in [1.54, 1.807) is 12.3 Å². The van der Waals surface area contributed by atoms with Gasteiger partial charge in [-0.25, -0.2) is 4.39 Å². The highest BCUT2D eigenvalue weighted by atomic mass is 79.9. The van der Waals surface area contributed by atoms with Crippen LogP contribution in [0.2, 0.25) is 0 Å². The second-order valence-electron chi connectivity index (χ2n) is 7.03. The minimum atomic E-state index is -0.279. The fourth-order valence-electron chi connectivity index (χ4n) is 3.56. The van der Waals surface area contributed by atoms with E-state index in [1.165, 1.54) is 17.2 Å².